The van der Waals surface area contributed by atoms with Crippen molar-refractivity contribution in [2.75, 3.05) is 21.2 Å². The molecule has 0 aromatic heterocycles. The van der Waals surface area contributed by atoms with E-state index in [0.29, 0.717) is 5.75 Å². The lowest BCUT2D eigenvalue weighted by Crippen LogP contribution is -2.33. The molecule has 1 unspecified atom stereocenters. The van der Waals surface area contributed by atoms with Gasteiger partial charge in [-0.25, -0.2) is 0 Å². The number of hydrogen-bond donors (Lipinski definition) is 1. The first kappa shape index (κ1) is 13.0. The molecule has 0 aliphatic heterocycles. The van der Waals surface area contributed by atoms with Crippen LogP contribution in [-0.4, -0.2) is 32.0 Å². The Kier molecular flexibility index (Phi) is 4.32. The number of benzene rings is 1. The normalized spacial score (nSPS) is 12.1. The molecule has 16 heavy (non-hydrogen) atoms. The SMILES string of the molecule is COc1ccc(C(N)C(=O)N(C)C)cc1Br. The number of likely N-dealkylation sites (N-methyl/N-ethyl adjacent to an activating group) is 1. The van der Waals surface area contributed by atoms with E-state index in [0.717, 1.165) is 10.0 Å². The molecule has 88 valence electrons. The van der Waals surface area contributed by atoms with Gasteiger partial charge in [0, 0.05) is 14.1 Å². The fourth-order valence-electron chi connectivity index (χ4n) is 1.30. The maximum absolute atomic E-state index is 11.7. The van der Waals surface area contributed by atoms with E-state index in [2.05, 4.69) is 15.9 Å². The van der Waals surface area contributed by atoms with E-state index in [-0.39, 0.29) is 5.91 Å². The summed E-state index contributed by atoms with van der Waals surface area (Å²) >= 11 is 3.36. The van der Waals surface area contributed by atoms with E-state index in [1.54, 1.807) is 39.4 Å². The van der Waals surface area contributed by atoms with Gasteiger partial charge in [0.2, 0.25) is 5.91 Å². The molecule has 0 aliphatic rings. The summed E-state index contributed by atoms with van der Waals surface area (Å²) in [5, 5.41) is 0. The summed E-state index contributed by atoms with van der Waals surface area (Å²) in [6.07, 6.45) is 0. The Morgan fingerprint density at radius 3 is 2.56 bits per heavy atom. The van der Waals surface area contributed by atoms with E-state index < -0.39 is 6.04 Å². The molecule has 5 heteroatoms. The number of halogens is 1. The van der Waals surface area contributed by atoms with Crippen LogP contribution in [0.1, 0.15) is 11.6 Å². The number of methoxy groups -OCH3 is 1. The summed E-state index contributed by atoms with van der Waals surface area (Å²) in [6.45, 7) is 0. The molecular formula is C11H15BrN2O2. The third-order valence-corrected chi connectivity index (χ3v) is 2.86. The highest BCUT2D eigenvalue weighted by Gasteiger charge is 2.18. The number of hydrogen-bond acceptors (Lipinski definition) is 3. The Morgan fingerprint density at radius 1 is 1.50 bits per heavy atom. The average Bonchev–Trinajstić information content (AvgIpc) is 2.26. The van der Waals surface area contributed by atoms with Crippen molar-refractivity contribution in [1.82, 2.24) is 4.90 Å². The molecule has 0 saturated heterocycles. The van der Waals surface area contributed by atoms with Crippen LogP contribution >= 0.6 is 15.9 Å². The van der Waals surface area contributed by atoms with Crippen molar-refractivity contribution in [2.24, 2.45) is 5.73 Å². The molecule has 2 N–H and O–H groups in total. The van der Waals surface area contributed by atoms with Gasteiger partial charge < -0.3 is 15.4 Å². The third-order valence-electron chi connectivity index (χ3n) is 2.24. The van der Waals surface area contributed by atoms with E-state index in [1.165, 1.54) is 4.90 Å². The molecule has 1 aromatic rings. The van der Waals surface area contributed by atoms with Crippen LogP contribution in [0.15, 0.2) is 22.7 Å². The molecule has 0 aliphatic carbocycles. The number of amides is 1. The van der Waals surface area contributed by atoms with Crippen LogP contribution in [0.25, 0.3) is 0 Å². The number of ether oxygens (including phenoxy) is 1. The summed E-state index contributed by atoms with van der Waals surface area (Å²) in [7, 11) is 4.95. The number of nitrogens with two attached hydrogens (primary N) is 1. The van der Waals surface area contributed by atoms with Crippen LogP contribution in [0, 0.1) is 0 Å². The zero-order chi connectivity index (χ0) is 12.3. The first-order chi connectivity index (χ1) is 7.47. The van der Waals surface area contributed by atoms with Crippen LogP contribution in [0.5, 0.6) is 5.75 Å². The molecule has 1 aromatic carbocycles. The van der Waals surface area contributed by atoms with Crippen molar-refractivity contribution in [2.45, 2.75) is 6.04 Å². The van der Waals surface area contributed by atoms with Gasteiger partial charge in [0.25, 0.3) is 0 Å². The number of carbonyl (C=O) groups excluding carboxylic acids is 1. The molecule has 0 bridgehead atoms. The van der Waals surface area contributed by atoms with E-state index in [1.807, 2.05) is 0 Å². The summed E-state index contributed by atoms with van der Waals surface area (Å²) in [4.78, 5) is 13.1. The molecule has 4 nitrogen and oxygen atoms in total. The van der Waals surface area contributed by atoms with Gasteiger partial charge in [0.05, 0.1) is 11.6 Å². The molecule has 0 spiro atoms. The summed E-state index contributed by atoms with van der Waals surface area (Å²) in [5.74, 6) is 0.588. The molecule has 1 amide bonds. The van der Waals surface area contributed by atoms with Crippen molar-refractivity contribution in [3.8, 4) is 5.75 Å². The average molecular weight is 287 g/mol. The lowest BCUT2D eigenvalue weighted by atomic mass is 10.1. The van der Waals surface area contributed by atoms with Gasteiger partial charge in [-0.15, -0.1) is 0 Å². The van der Waals surface area contributed by atoms with Crippen LogP contribution in [0.4, 0.5) is 0 Å². The quantitative estimate of drug-likeness (QED) is 0.917. The van der Waals surface area contributed by atoms with Gasteiger partial charge in [-0.1, -0.05) is 6.07 Å². The van der Waals surface area contributed by atoms with Gasteiger partial charge in [-0.2, -0.15) is 0 Å². The van der Waals surface area contributed by atoms with Gasteiger partial charge in [0.15, 0.2) is 0 Å². The Bertz CT molecular complexity index is 394. The molecule has 1 atom stereocenters. The Hall–Kier alpha value is -1.07. The molecule has 0 saturated carbocycles. The topological polar surface area (TPSA) is 55.6 Å². The van der Waals surface area contributed by atoms with Gasteiger partial charge in [0.1, 0.15) is 11.8 Å². The fourth-order valence-corrected chi connectivity index (χ4v) is 1.86. The first-order valence-corrected chi connectivity index (χ1v) is 5.57. The molecular weight excluding hydrogens is 272 g/mol. The zero-order valence-corrected chi connectivity index (χ0v) is 11.1. The Balaban J connectivity index is 2.97. The minimum absolute atomic E-state index is 0.128. The maximum Gasteiger partial charge on any atom is 0.243 e. The second-order valence-electron chi connectivity index (χ2n) is 3.60. The monoisotopic (exact) mass is 286 g/mol. The molecule has 0 heterocycles. The smallest absolute Gasteiger partial charge is 0.243 e. The fraction of sp³-hybridized carbons (Fsp3) is 0.364. The van der Waals surface area contributed by atoms with Gasteiger partial charge in [-0.05, 0) is 33.6 Å². The minimum atomic E-state index is -0.641. The second kappa shape index (κ2) is 5.32. The predicted molar refractivity (Wildman–Crippen MR) is 66.3 cm³/mol. The zero-order valence-electron chi connectivity index (χ0n) is 9.53. The Labute approximate surface area is 103 Å². The van der Waals surface area contributed by atoms with Crippen molar-refractivity contribution < 1.29 is 9.53 Å². The highest BCUT2D eigenvalue weighted by molar-refractivity contribution is 9.10. The van der Waals surface area contributed by atoms with Crippen LogP contribution in [-0.2, 0) is 4.79 Å². The number of rotatable bonds is 3. The minimum Gasteiger partial charge on any atom is -0.496 e. The largest absolute Gasteiger partial charge is 0.496 e. The number of carbonyl (C=O) groups is 1. The van der Waals surface area contributed by atoms with Crippen LogP contribution < -0.4 is 10.5 Å². The van der Waals surface area contributed by atoms with Crippen molar-refractivity contribution in [1.29, 1.82) is 0 Å². The standard InChI is InChI=1S/C11H15BrN2O2/c1-14(2)11(15)10(13)7-4-5-9(16-3)8(12)6-7/h4-6,10H,13H2,1-3H3. The van der Waals surface area contributed by atoms with Crippen molar-refractivity contribution >= 4 is 21.8 Å². The van der Waals surface area contributed by atoms with E-state index >= 15 is 0 Å². The van der Waals surface area contributed by atoms with Gasteiger partial charge in [-0.3, -0.25) is 4.79 Å². The summed E-state index contributed by atoms with van der Waals surface area (Å²) in [6, 6.07) is 4.72. The first-order valence-electron chi connectivity index (χ1n) is 4.77. The molecule has 0 fully saturated rings. The van der Waals surface area contributed by atoms with Crippen LogP contribution in [0.3, 0.4) is 0 Å². The van der Waals surface area contributed by atoms with E-state index in [4.69, 9.17) is 10.5 Å². The Morgan fingerprint density at radius 2 is 2.12 bits per heavy atom. The summed E-state index contributed by atoms with van der Waals surface area (Å²) < 4.78 is 5.89. The molecule has 0 radical (unpaired) electrons. The van der Waals surface area contributed by atoms with Crippen LogP contribution in [0.2, 0.25) is 0 Å². The summed E-state index contributed by atoms with van der Waals surface area (Å²) in [5.41, 5.74) is 6.60. The third kappa shape index (κ3) is 2.74. The lowest BCUT2D eigenvalue weighted by molar-refractivity contribution is -0.130. The highest BCUT2D eigenvalue weighted by Crippen LogP contribution is 2.27. The molecule has 1 rings (SSSR count). The van der Waals surface area contributed by atoms with Crippen molar-refractivity contribution in [3.63, 3.8) is 0 Å². The maximum atomic E-state index is 11.7. The lowest BCUT2D eigenvalue weighted by Gasteiger charge is -2.17. The van der Waals surface area contributed by atoms with Crippen molar-refractivity contribution in [3.05, 3.63) is 28.2 Å². The second-order valence-corrected chi connectivity index (χ2v) is 4.46. The predicted octanol–water partition coefficient (Wildman–Crippen LogP) is 1.55. The van der Waals surface area contributed by atoms with E-state index in [9.17, 15) is 4.79 Å². The number of nitrogens with zero attached hydrogens (tertiary/aromatic N) is 1. The highest BCUT2D eigenvalue weighted by atomic mass is 79.9. The van der Waals surface area contributed by atoms with Gasteiger partial charge >= 0.3 is 0 Å².